The molecule has 24 heavy (non-hydrogen) atoms. The van der Waals surface area contributed by atoms with Crippen LogP contribution in [0.2, 0.25) is 0 Å². The summed E-state index contributed by atoms with van der Waals surface area (Å²) in [6.07, 6.45) is -1.25. The lowest BCUT2D eigenvalue weighted by Crippen LogP contribution is -2.21. The van der Waals surface area contributed by atoms with Crippen molar-refractivity contribution in [3.8, 4) is 5.75 Å². The van der Waals surface area contributed by atoms with E-state index in [-0.39, 0.29) is 0 Å². The van der Waals surface area contributed by atoms with Gasteiger partial charge in [-0.25, -0.2) is 0 Å². The summed E-state index contributed by atoms with van der Waals surface area (Å²) in [5, 5.41) is 13.1. The maximum Gasteiger partial charge on any atom is 0.257 e. The third kappa shape index (κ3) is 4.81. The van der Waals surface area contributed by atoms with Crippen molar-refractivity contribution in [3.05, 3.63) is 59.2 Å². The van der Waals surface area contributed by atoms with Crippen LogP contribution in [0.4, 0.5) is 5.69 Å². The van der Waals surface area contributed by atoms with Crippen molar-refractivity contribution in [1.82, 2.24) is 4.90 Å². The zero-order valence-electron chi connectivity index (χ0n) is 14.5. The Morgan fingerprint density at radius 3 is 2.67 bits per heavy atom. The van der Waals surface area contributed by atoms with E-state index in [2.05, 4.69) is 16.3 Å². The Morgan fingerprint density at radius 1 is 1.25 bits per heavy atom. The molecular weight excluding hydrogens is 304 g/mol. The van der Waals surface area contributed by atoms with Crippen molar-refractivity contribution in [2.24, 2.45) is 0 Å². The van der Waals surface area contributed by atoms with E-state index >= 15 is 0 Å². The van der Waals surface area contributed by atoms with Gasteiger partial charge in [-0.3, -0.25) is 4.79 Å². The number of ether oxygens (including phenoxy) is 1. The molecule has 0 aromatic heterocycles. The smallest absolute Gasteiger partial charge is 0.257 e. The van der Waals surface area contributed by atoms with Crippen LogP contribution in [-0.4, -0.2) is 37.1 Å². The van der Waals surface area contributed by atoms with Crippen LogP contribution in [0.3, 0.4) is 0 Å². The minimum absolute atomic E-state index is 0.468. The van der Waals surface area contributed by atoms with Gasteiger partial charge in [0.05, 0.1) is 7.11 Å². The molecule has 0 heterocycles. The van der Waals surface area contributed by atoms with Crippen LogP contribution in [0.15, 0.2) is 42.5 Å². The molecule has 0 saturated carbocycles. The summed E-state index contributed by atoms with van der Waals surface area (Å²) in [6.45, 7) is 2.76. The fourth-order valence-corrected chi connectivity index (χ4v) is 2.56. The molecule has 5 heteroatoms. The lowest BCUT2D eigenvalue weighted by Gasteiger charge is -2.15. The molecular formula is C19H24N2O3. The number of rotatable bonds is 6. The maximum absolute atomic E-state index is 12.3. The molecule has 0 aliphatic heterocycles. The molecule has 2 aromatic rings. The molecule has 0 spiro atoms. The molecule has 1 amide bonds. The van der Waals surface area contributed by atoms with Crippen LogP contribution in [0.1, 0.15) is 22.8 Å². The van der Waals surface area contributed by atoms with Crippen LogP contribution in [0.25, 0.3) is 0 Å². The second-order valence-corrected chi connectivity index (χ2v) is 6.11. The number of nitrogens with one attached hydrogen (secondary N) is 1. The van der Waals surface area contributed by atoms with Gasteiger partial charge < -0.3 is 20.1 Å². The minimum Gasteiger partial charge on any atom is -0.497 e. The Labute approximate surface area is 142 Å². The van der Waals surface area contributed by atoms with E-state index in [4.69, 9.17) is 4.74 Å². The average molecular weight is 328 g/mol. The molecule has 2 rings (SSSR count). The summed E-state index contributed by atoms with van der Waals surface area (Å²) in [7, 11) is 5.53. The number of hydrogen-bond acceptors (Lipinski definition) is 4. The Balaban J connectivity index is 2.14. The number of carbonyl (C=O) groups is 1. The molecule has 0 radical (unpaired) electrons. The van der Waals surface area contributed by atoms with Gasteiger partial charge >= 0.3 is 0 Å². The predicted molar refractivity (Wildman–Crippen MR) is 95.2 cm³/mol. The van der Waals surface area contributed by atoms with Gasteiger partial charge in [0.25, 0.3) is 5.91 Å². The van der Waals surface area contributed by atoms with Crippen LogP contribution in [-0.2, 0) is 11.3 Å². The quantitative estimate of drug-likeness (QED) is 0.856. The van der Waals surface area contributed by atoms with E-state index in [1.54, 1.807) is 31.4 Å². The molecule has 128 valence electrons. The first-order chi connectivity index (χ1) is 11.4. The highest BCUT2D eigenvalue weighted by atomic mass is 16.5. The number of nitrogens with zero attached hydrogens (tertiary/aromatic N) is 1. The van der Waals surface area contributed by atoms with Crippen LogP contribution in [0, 0.1) is 6.92 Å². The van der Waals surface area contributed by atoms with Crippen molar-refractivity contribution in [1.29, 1.82) is 0 Å². The van der Waals surface area contributed by atoms with E-state index in [1.165, 1.54) is 0 Å². The molecule has 0 aliphatic rings. The van der Waals surface area contributed by atoms with Gasteiger partial charge in [0.2, 0.25) is 0 Å². The first-order valence-corrected chi connectivity index (χ1v) is 7.77. The Kier molecular flexibility index (Phi) is 5.95. The average Bonchev–Trinajstić information content (AvgIpc) is 2.52. The van der Waals surface area contributed by atoms with Gasteiger partial charge in [-0.15, -0.1) is 0 Å². The number of carbonyl (C=O) groups excluding carboxylic acids is 1. The molecule has 2 aromatic carbocycles. The highest BCUT2D eigenvalue weighted by Crippen LogP contribution is 2.22. The minimum atomic E-state index is -1.25. The zero-order valence-corrected chi connectivity index (χ0v) is 14.5. The van der Waals surface area contributed by atoms with Gasteiger partial charge in [0, 0.05) is 12.2 Å². The molecule has 5 nitrogen and oxygen atoms in total. The molecule has 0 bridgehead atoms. The summed E-state index contributed by atoms with van der Waals surface area (Å²) >= 11 is 0. The van der Waals surface area contributed by atoms with Gasteiger partial charge in [-0.2, -0.15) is 0 Å². The summed E-state index contributed by atoms with van der Waals surface area (Å²) in [5.41, 5.74) is 3.33. The number of hydrogen-bond donors (Lipinski definition) is 2. The third-order valence-corrected chi connectivity index (χ3v) is 3.56. The lowest BCUT2D eigenvalue weighted by atomic mass is 10.1. The second-order valence-electron chi connectivity index (χ2n) is 6.11. The van der Waals surface area contributed by atoms with Crippen LogP contribution < -0.4 is 10.1 Å². The SMILES string of the molecule is COc1cccc(C(O)C(=O)Nc2cc(C)cc(CN(C)C)c2)c1. The molecule has 0 saturated heterocycles. The van der Waals surface area contributed by atoms with Gasteiger partial charge in [-0.1, -0.05) is 18.2 Å². The molecule has 1 unspecified atom stereocenters. The molecule has 0 aliphatic carbocycles. The number of aliphatic hydroxyl groups excluding tert-OH is 1. The number of anilines is 1. The fourth-order valence-electron chi connectivity index (χ4n) is 2.56. The zero-order chi connectivity index (χ0) is 17.7. The number of benzene rings is 2. The summed E-state index contributed by atoms with van der Waals surface area (Å²) in [5.74, 6) is 0.132. The van der Waals surface area contributed by atoms with Crippen LogP contribution in [0.5, 0.6) is 5.75 Å². The molecule has 2 N–H and O–H groups in total. The van der Waals surface area contributed by atoms with Crippen molar-refractivity contribution in [2.75, 3.05) is 26.5 Å². The van der Waals surface area contributed by atoms with Crippen molar-refractivity contribution in [3.63, 3.8) is 0 Å². The first kappa shape index (κ1) is 18.0. The lowest BCUT2D eigenvalue weighted by molar-refractivity contribution is -0.124. The number of aryl methyl sites for hydroxylation is 1. The topological polar surface area (TPSA) is 61.8 Å². The molecule has 0 fully saturated rings. The van der Waals surface area contributed by atoms with E-state index < -0.39 is 12.0 Å². The standard InChI is InChI=1S/C19H24N2O3/c1-13-8-14(12-21(2)3)10-16(9-13)20-19(23)18(22)15-6-5-7-17(11-15)24-4/h5-11,18,22H,12H2,1-4H3,(H,20,23). The van der Waals surface area contributed by atoms with Crippen molar-refractivity contribution in [2.45, 2.75) is 19.6 Å². The monoisotopic (exact) mass is 328 g/mol. The van der Waals surface area contributed by atoms with Crippen molar-refractivity contribution < 1.29 is 14.6 Å². The van der Waals surface area contributed by atoms with E-state index in [0.717, 1.165) is 17.7 Å². The van der Waals surface area contributed by atoms with E-state index in [9.17, 15) is 9.90 Å². The van der Waals surface area contributed by atoms with E-state index in [0.29, 0.717) is 17.0 Å². The number of aliphatic hydroxyl groups is 1. The summed E-state index contributed by atoms with van der Waals surface area (Å²) in [4.78, 5) is 14.4. The Hall–Kier alpha value is -2.37. The predicted octanol–water partition coefficient (Wildman–Crippen LogP) is 2.74. The first-order valence-electron chi connectivity index (χ1n) is 7.77. The normalized spacial score (nSPS) is 12.1. The maximum atomic E-state index is 12.3. The summed E-state index contributed by atoms with van der Waals surface area (Å²) < 4.78 is 5.12. The van der Waals surface area contributed by atoms with E-state index in [1.807, 2.05) is 33.2 Å². The largest absolute Gasteiger partial charge is 0.497 e. The fraction of sp³-hybridized carbons (Fsp3) is 0.316. The van der Waals surface area contributed by atoms with Gasteiger partial charge in [0.1, 0.15) is 5.75 Å². The Bertz CT molecular complexity index is 714. The molecule has 1 atom stereocenters. The second kappa shape index (κ2) is 7.95. The number of methoxy groups -OCH3 is 1. The van der Waals surface area contributed by atoms with Crippen molar-refractivity contribution >= 4 is 11.6 Å². The summed E-state index contributed by atoms with van der Waals surface area (Å²) in [6, 6.07) is 12.7. The highest BCUT2D eigenvalue weighted by molar-refractivity contribution is 5.94. The van der Waals surface area contributed by atoms with Crippen LogP contribution >= 0.6 is 0 Å². The highest BCUT2D eigenvalue weighted by Gasteiger charge is 2.18. The number of amides is 1. The van der Waals surface area contributed by atoms with Gasteiger partial charge in [0.15, 0.2) is 6.10 Å². The third-order valence-electron chi connectivity index (χ3n) is 3.56. The van der Waals surface area contributed by atoms with Gasteiger partial charge in [-0.05, 0) is 62.0 Å². The Morgan fingerprint density at radius 2 is 2.00 bits per heavy atom.